The Balaban J connectivity index is 2.42. The molecule has 0 bridgehead atoms. The molecule has 1 fully saturated rings. The van der Waals surface area contributed by atoms with Gasteiger partial charge in [0, 0.05) is 0 Å². The summed E-state index contributed by atoms with van der Waals surface area (Å²) >= 11 is 0. The lowest BCUT2D eigenvalue weighted by molar-refractivity contribution is -0.246. The highest BCUT2D eigenvalue weighted by Crippen LogP contribution is 2.27. The topological polar surface area (TPSA) is 200 Å². The van der Waals surface area contributed by atoms with E-state index in [0.717, 1.165) is 25.7 Å². The van der Waals surface area contributed by atoms with Crippen LogP contribution in [0.3, 0.4) is 0 Å². The molecule has 214 valence electrons. The Morgan fingerprint density at radius 2 is 1.47 bits per heavy atom. The van der Waals surface area contributed by atoms with E-state index in [-0.39, 0.29) is 0 Å². The van der Waals surface area contributed by atoms with Crippen molar-refractivity contribution in [3.63, 3.8) is 0 Å². The molecule has 0 radical (unpaired) electrons. The number of hydrogen-bond acceptors (Lipinski definition) is 10. The smallest absolute Gasteiger partial charge is 0.394 e. The van der Waals surface area contributed by atoms with E-state index in [9.17, 15) is 34.0 Å². The second-order valence-electron chi connectivity index (χ2n) is 9.60. The molecule has 1 saturated heterocycles. The first kappa shape index (κ1) is 33.4. The van der Waals surface area contributed by atoms with E-state index in [2.05, 4.69) is 11.1 Å². The summed E-state index contributed by atoms with van der Waals surface area (Å²) in [5.41, 5.74) is 5.92. The van der Waals surface area contributed by atoms with Gasteiger partial charge in [-0.1, -0.05) is 83.3 Å². The van der Waals surface area contributed by atoms with Gasteiger partial charge in [-0.15, -0.1) is 0 Å². The summed E-state index contributed by atoms with van der Waals surface area (Å²) in [6.45, 7) is 1.42. The minimum atomic E-state index is -5.07. The molecule has 0 aromatic heterocycles. The molecule has 1 unspecified atom stereocenters. The van der Waals surface area contributed by atoms with Gasteiger partial charge in [0.15, 0.2) is 0 Å². The lowest BCUT2D eigenvalue weighted by atomic mass is 9.88. The molecule has 0 aliphatic carbocycles. The Labute approximate surface area is 215 Å². The number of rotatable bonds is 19. The van der Waals surface area contributed by atoms with Gasteiger partial charge in [-0.05, 0) is 12.8 Å². The van der Waals surface area contributed by atoms with Crippen molar-refractivity contribution >= 4 is 10.4 Å². The van der Waals surface area contributed by atoms with Gasteiger partial charge in [-0.3, -0.25) is 4.55 Å². The van der Waals surface area contributed by atoms with Crippen molar-refractivity contribution in [3.8, 4) is 0 Å². The number of ether oxygens (including phenoxy) is 1. The summed E-state index contributed by atoms with van der Waals surface area (Å²) in [7, 11) is -5.07. The third-order valence-electron chi connectivity index (χ3n) is 6.57. The molecular formula is C24H47NO10S. The molecule has 8 N–H and O–H groups in total. The highest BCUT2D eigenvalue weighted by Gasteiger charge is 2.50. The van der Waals surface area contributed by atoms with Crippen LogP contribution in [0.15, 0.2) is 12.2 Å². The van der Waals surface area contributed by atoms with E-state index in [0.29, 0.717) is 0 Å². The predicted molar refractivity (Wildman–Crippen MR) is 134 cm³/mol. The SMILES string of the molecule is CCCCCCCCCCCCC/C=C/[C@@H](O)[C@@H](N)C(O)[C@@H]1O[C@H](CO)[C@H](O)[C@H](OS(=O)(=O)O)[C@H]1O. The largest absolute Gasteiger partial charge is 0.397 e. The van der Waals surface area contributed by atoms with Crippen molar-refractivity contribution in [2.75, 3.05) is 6.61 Å². The van der Waals surface area contributed by atoms with Crippen molar-refractivity contribution in [3.05, 3.63) is 12.2 Å². The Bertz CT molecular complexity index is 707. The first-order valence-corrected chi connectivity index (χ1v) is 14.5. The number of aliphatic hydroxyl groups is 5. The van der Waals surface area contributed by atoms with Crippen LogP contribution in [-0.2, 0) is 19.3 Å². The standard InChI is InChI=1S/C24H47NO10S/c1-2-3-4-5-6-7-8-9-10-11-12-13-14-15-17(27)19(25)21(29)23-22(30)24(35-36(31,32)33)20(28)18(16-26)34-23/h14-15,17-24,26-30H,2-13,16,25H2,1H3,(H,31,32,33)/b15-14+/t17-,18-,19-,20+,21?,22+,23+,24+/m1/s1. The van der Waals surface area contributed by atoms with Gasteiger partial charge >= 0.3 is 10.4 Å². The Morgan fingerprint density at radius 3 is 1.97 bits per heavy atom. The van der Waals surface area contributed by atoms with Crippen LogP contribution in [0.5, 0.6) is 0 Å². The van der Waals surface area contributed by atoms with Crippen LogP contribution in [0, 0.1) is 0 Å². The zero-order chi connectivity index (χ0) is 27.1. The fourth-order valence-corrected chi connectivity index (χ4v) is 4.87. The van der Waals surface area contributed by atoms with Crippen LogP contribution in [0.2, 0.25) is 0 Å². The van der Waals surface area contributed by atoms with Crippen molar-refractivity contribution < 1.29 is 47.4 Å². The molecule has 0 aromatic carbocycles. The zero-order valence-corrected chi connectivity index (χ0v) is 22.1. The third-order valence-corrected chi connectivity index (χ3v) is 7.03. The minimum absolute atomic E-state index is 0.725. The average molecular weight is 542 g/mol. The lowest BCUT2D eigenvalue weighted by Gasteiger charge is -2.44. The molecule has 1 aliphatic heterocycles. The summed E-state index contributed by atoms with van der Waals surface area (Å²) in [4.78, 5) is 0. The first-order chi connectivity index (χ1) is 17.0. The quantitative estimate of drug-likeness (QED) is 0.0698. The molecule has 0 amide bonds. The fraction of sp³-hybridized carbons (Fsp3) is 0.917. The van der Waals surface area contributed by atoms with E-state index < -0.39 is 65.8 Å². The summed E-state index contributed by atoms with van der Waals surface area (Å²) < 4.78 is 40.7. The maximum absolute atomic E-state index is 11.1. The number of hydrogen-bond donors (Lipinski definition) is 7. The van der Waals surface area contributed by atoms with Gasteiger partial charge in [0.1, 0.15) is 36.6 Å². The molecule has 8 atom stereocenters. The second-order valence-corrected chi connectivity index (χ2v) is 10.7. The van der Waals surface area contributed by atoms with Crippen molar-refractivity contribution in [1.82, 2.24) is 0 Å². The average Bonchev–Trinajstić information content (AvgIpc) is 2.83. The van der Waals surface area contributed by atoms with Crippen LogP contribution in [0.4, 0.5) is 0 Å². The van der Waals surface area contributed by atoms with Gasteiger partial charge < -0.3 is 36.0 Å². The van der Waals surface area contributed by atoms with E-state index >= 15 is 0 Å². The van der Waals surface area contributed by atoms with E-state index in [1.807, 2.05) is 0 Å². The highest BCUT2D eigenvalue weighted by molar-refractivity contribution is 7.80. The maximum Gasteiger partial charge on any atom is 0.397 e. The molecule has 12 heteroatoms. The van der Waals surface area contributed by atoms with Gasteiger partial charge in [0.2, 0.25) is 0 Å². The van der Waals surface area contributed by atoms with Crippen molar-refractivity contribution in [2.45, 2.75) is 133 Å². The van der Waals surface area contributed by atoms with Gasteiger partial charge in [0.05, 0.1) is 18.8 Å². The van der Waals surface area contributed by atoms with Crippen molar-refractivity contribution in [2.24, 2.45) is 5.73 Å². The van der Waals surface area contributed by atoms with Gasteiger partial charge in [-0.25, -0.2) is 4.18 Å². The maximum atomic E-state index is 11.1. The summed E-state index contributed by atoms with van der Waals surface area (Å²) in [6.07, 6.45) is 5.69. The third kappa shape index (κ3) is 12.2. The molecule has 11 nitrogen and oxygen atoms in total. The second kappa shape index (κ2) is 17.8. The van der Waals surface area contributed by atoms with Crippen LogP contribution < -0.4 is 5.73 Å². The molecular weight excluding hydrogens is 494 g/mol. The lowest BCUT2D eigenvalue weighted by Crippen LogP contribution is -2.65. The number of unbranched alkanes of at least 4 members (excludes halogenated alkanes) is 11. The molecule has 0 saturated carbocycles. The van der Waals surface area contributed by atoms with E-state index in [1.165, 1.54) is 57.4 Å². The molecule has 0 spiro atoms. The Morgan fingerprint density at radius 1 is 0.944 bits per heavy atom. The Kier molecular flexibility index (Phi) is 16.5. The van der Waals surface area contributed by atoms with Crippen LogP contribution >= 0.6 is 0 Å². The zero-order valence-electron chi connectivity index (χ0n) is 21.3. The minimum Gasteiger partial charge on any atom is -0.394 e. The normalized spacial score (nSPS) is 27.8. The number of nitrogens with two attached hydrogens (primary N) is 1. The van der Waals surface area contributed by atoms with E-state index in [1.54, 1.807) is 6.08 Å². The monoisotopic (exact) mass is 541 g/mol. The summed E-state index contributed by atoms with van der Waals surface area (Å²) in [5.74, 6) is 0. The summed E-state index contributed by atoms with van der Waals surface area (Å²) in [6, 6.07) is -1.33. The van der Waals surface area contributed by atoms with E-state index in [4.69, 9.17) is 15.0 Å². The number of allylic oxidation sites excluding steroid dienone is 1. The Hall–Kier alpha value is -0.670. The van der Waals surface area contributed by atoms with Crippen LogP contribution in [0.1, 0.15) is 84.0 Å². The fourth-order valence-electron chi connectivity index (χ4n) is 4.36. The van der Waals surface area contributed by atoms with Crippen molar-refractivity contribution in [1.29, 1.82) is 0 Å². The molecule has 1 rings (SSSR count). The van der Waals surface area contributed by atoms with Gasteiger partial charge in [0.25, 0.3) is 0 Å². The number of aliphatic hydroxyl groups excluding tert-OH is 5. The molecule has 0 aromatic rings. The molecule has 1 aliphatic rings. The summed E-state index contributed by atoms with van der Waals surface area (Å²) in [5, 5.41) is 50.8. The molecule has 1 heterocycles. The van der Waals surface area contributed by atoms with Crippen LogP contribution in [-0.4, -0.2) is 93.9 Å². The molecule has 36 heavy (non-hydrogen) atoms. The van der Waals surface area contributed by atoms with Gasteiger partial charge in [-0.2, -0.15) is 8.42 Å². The first-order valence-electron chi connectivity index (χ1n) is 13.1. The highest BCUT2D eigenvalue weighted by atomic mass is 32.3. The predicted octanol–water partition coefficient (Wildman–Crippen LogP) is 0.962. The van der Waals surface area contributed by atoms with Crippen LogP contribution in [0.25, 0.3) is 0 Å².